The van der Waals surface area contributed by atoms with Gasteiger partial charge in [-0.1, -0.05) is 6.92 Å². The van der Waals surface area contributed by atoms with Gasteiger partial charge in [-0.25, -0.2) is 8.42 Å². The molecule has 0 unspecified atom stereocenters. The number of aryl methyl sites for hydroxylation is 2. The lowest BCUT2D eigenvalue weighted by Crippen LogP contribution is -2.14. The van der Waals surface area contributed by atoms with Crippen LogP contribution in [-0.4, -0.2) is 24.5 Å². The molecule has 1 heterocycles. The number of anilines is 1. The number of H-pyrrole nitrogens is 1. The van der Waals surface area contributed by atoms with Crippen LogP contribution in [-0.2, 0) is 15.5 Å². The number of amides is 1. The summed E-state index contributed by atoms with van der Waals surface area (Å²) in [6, 6.07) is 2.91. The second-order valence-corrected chi connectivity index (χ2v) is 7.07. The highest BCUT2D eigenvalue weighted by Crippen LogP contribution is 2.28. The SMILES string of the molecule is CCc1cc(S(=O)(=O)Cl)cc(C)c1NC(=O)c1cn[nH]c1. The number of aromatic nitrogens is 2. The van der Waals surface area contributed by atoms with Crippen LogP contribution >= 0.6 is 10.7 Å². The summed E-state index contributed by atoms with van der Waals surface area (Å²) >= 11 is 0. The molecule has 112 valence electrons. The fourth-order valence-corrected chi connectivity index (χ4v) is 2.85. The summed E-state index contributed by atoms with van der Waals surface area (Å²) in [5.41, 5.74) is 2.31. The number of hydrogen-bond acceptors (Lipinski definition) is 4. The van der Waals surface area contributed by atoms with Gasteiger partial charge in [-0.05, 0) is 36.6 Å². The first-order valence-electron chi connectivity index (χ1n) is 6.21. The standard InChI is InChI=1S/C13H14ClN3O3S/c1-3-9-5-11(21(14,19)20)4-8(2)12(9)17-13(18)10-6-15-16-7-10/h4-7H,3H2,1-2H3,(H,15,16)(H,17,18). The van der Waals surface area contributed by atoms with E-state index >= 15 is 0 Å². The van der Waals surface area contributed by atoms with Gasteiger partial charge in [-0.15, -0.1) is 0 Å². The molecule has 6 nitrogen and oxygen atoms in total. The molecule has 0 radical (unpaired) electrons. The van der Waals surface area contributed by atoms with E-state index in [0.717, 1.165) is 0 Å². The van der Waals surface area contributed by atoms with E-state index in [2.05, 4.69) is 15.5 Å². The highest BCUT2D eigenvalue weighted by Gasteiger charge is 2.17. The van der Waals surface area contributed by atoms with Gasteiger partial charge in [0.2, 0.25) is 0 Å². The molecule has 0 spiro atoms. The molecule has 0 aliphatic carbocycles. The summed E-state index contributed by atoms with van der Waals surface area (Å²) in [5, 5.41) is 9.05. The topological polar surface area (TPSA) is 91.9 Å². The second-order valence-electron chi connectivity index (χ2n) is 4.51. The molecule has 21 heavy (non-hydrogen) atoms. The third-order valence-corrected chi connectivity index (χ3v) is 4.39. The third kappa shape index (κ3) is 3.43. The largest absolute Gasteiger partial charge is 0.321 e. The lowest BCUT2D eigenvalue weighted by Gasteiger charge is -2.14. The number of carbonyl (C=O) groups is 1. The summed E-state index contributed by atoms with van der Waals surface area (Å²) in [7, 11) is 1.57. The number of hydrogen-bond donors (Lipinski definition) is 2. The normalized spacial score (nSPS) is 11.4. The molecule has 0 saturated heterocycles. The van der Waals surface area contributed by atoms with Crippen molar-refractivity contribution >= 4 is 31.3 Å². The first-order valence-corrected chi connectivity index (χ1v) is 8.52. The van der Waals surface area contributed by atoms with Crippen LogP contribution in [0.15, 0.2) is 29.4 Å². The Kier molecular flexibility index (Phi) is 4.34. The second kappa shape index (κ2) is 5.87. The van der Waals surface area contributed by atoms with Crippen LogP contribution in [0.5, 0.6) is 0 Å². The molecule has 0 atom stereocenters. The molecule has 0 saturated carbocycles. The summed E-state index contributed by atoms with van der Waals surface area (Å²) in [5.74, 6) is -0.317. The van der Waals surface area contributed by atoms with Crippen molar-refractivity contribution in [2.75, 3.05) is 5.32 Å². The lowest BCUT2D eigenvalue weighted by molar-refractivity contribution is 0.102. The van der Waals surface area contributed by atoms with E-state index in [1.807, 2.05) is 6.92 Å². The van der Waals surface area contributed by atoms with E-state index in [0.29, 0.717) is 28.8 Å². The fraction of sp³-hybridized carbons (Fsp3) is 0.231. The smallest absolute Gasteiger partial charge is 0.261 e. The Hall–Kier alpha value is -1.86. The van der Waals surface area contributed by atoms with Gasteiger partial charge in [0.15, 0.2) is 0 Å². The van der Waals surface area contributed by atoms with Crippen molar-refractivity contribution in [2.24, 2.45) is 0 Å². The van der Waals surface area contributed by atoms with Gasteiger partial charge in [-0.3, -0.25) is 9.89 Å². The van der Waals surface area contributed by atoms with Gasteiger partial charge in [0.1, 0.15) is 0 Å². The van der Waals surface area contributed by atoms with Gasteiger partial charge in [0.25, 0.3) is 15.0 Å². The third-order valence-electron chi connectivity index (χ3n) is 3.05. The Bertz CT molecular complexity index is 770. The molecular formula is C13H14ClN3O3S. The van der Waals surface area contributed by atoms with Gasteiger partial charge in [0, 0.05) is 22.6 Å². The predicted octanol–water partition coefficient (Wildman–Crippen LogP) is 2.46. The van der Waals surface area contributed by atoms with Crippen LogP contribution in [0.1, 0.15) is 28.4 Å². The van der Waals surface area contributed by atoms with Crippen LogP contribution < -0.4 is 5.32 Å². The van der Waals surface area contributed by atoms with Crippen LogP contribution in [0.2, 0.25) is 0 Å². The minimum atomic E-state index is -3.80. The van der Waals surface area contributed by atoms with Gasteiger partial charge in [0.05, 0.1) is 16.7 Å². The number of nitrogens with one attached hydrogen (secondary N) is 2. The van der Waals surface area contributed by atoms with Gasteiger partial charge < -0.3 is 5.32 Å². The highest BCUT2D eigenvalue weighted by molar-refractivity contribution is 8.13. The Morgan fingerprint density at radius 1 is 1.43 bits per heavy atom. The first-order chi connectivity index (χ1) is 9.82. The maximum absolute atomic E-state index is 12.1. The molecule has 0 aliphatic rings. The molecule has 2 rings (SSSR count). The maximum Gasteiger partial charge on any atom is 0.261 e. The molecular weight excluding hydrogens is 314 g/mol. The number of benzene rings is 1. The minimum absolute atomic E-state index is 0.0276. The summed E-state index contributed by atoms with van der Waals surface area (Å²) in [6.45, 7) is 3.59. The summed E-state index contributed by atoms with van der Waals surface area (Å²) in [4.78, 5) is 12.1. The number of carbonyl (C=O) groups excluding carboxylic acids is 1. The Morgan fingerprint density at radius 2 is 2.14 bits per heavy atom. The molecule has 2 aromatic rings. The molecule has 0 bridgehead atoms. The average Bonchev–Trinajstić information content (AvgIpc) is 2.93. The van der Waals surface area contributed by atoms with Crippen molar-refractivity contribution < 1.29 is 13.2 Å². The number of nitrogens with zero attached hydrogens (tertiary/aromatic N) is 1. The molecule has 8 heteroatoms. The van der Waals surface area contributed by atoms with E-state index < -0.39 is 9.05 Å². The number of halogens is 1. The summed E-state index contributed by atoms with van der Waals surface area (Å²) < 4.78 is 22.9. The Labute approximate surface area is 126 Å². The van der Waals surface area contributed by atoms with Crippen molar-refractivity contribution in [1.29, 1.82) is 0 Å². The zero-order valence-corrected chi connectivity index (χ0v) is 13.0. The molecule has 0 aliphatic heterocycles. The van der Waals surface area contributed by atoms with Crippen molar-refractivity contribution in [3.8, 4) is 0 Å². The monoisotopic (exact) mass is 327 g/mol. The van der Waals surface area contributed by atoms with Gasteiger partial charge in [-0.2, -0.15) is 5.10 Å². The Morgan fingerprint density at radius 3 is 2.67 bits per heavy atom. The van der Waals surface area contributed by atoms with Gasteiger partial charge >= 0.3 is 0 Å². The van der Waals surface area contributed by atoms with Crippen LogP contribution in [0.3, 0.4) is 0 Å². The number of rotatable bonds is 4. The molecule has 1 aromatic carbocycles. The van der Waals surface area contributed by atoms with E-state index in [1.165, 1.54) is 24.5 Å². The first kappa shape index (κ1) is 15.5. The van der Waals surface area contributed by atoms with E-state index in [-0.39, 0.29) is 10.8 Å². The number of aromatic amines is 1. The van der Waals surface area contributed by atoms with Crippen molar-refractivity contribution in [3.63, 3.8) is 0 Å². The summed E-state index contributed by atoms with van der Waals surface area (Å²) in [6.07, 6.45) is 3.45. The maximum atomic E-state index is 12.1. The van der Waals surface area contributed by atoms with E-state index in [1.54, 1.807) is 6.92 Å². The molecule has 2 N–H and O–H groups in total. The highest BCUT2D eigenvalue weighted by atomic mass is 35.7. The Balaban J connectivity index is 2.42. The van der Waals surface area contributed by atoms with Crippen molar-refractivity contribution in [3.05, 3.63) is 41.2 Å². The average molecular weight is 328 g/mol. The van der Waals surface area contributed by atoms with Crippen LogP contribution in [0, 0.1) is 6.92 Å². The lowest BCUT2D eigenvalue weighted by atomic mass is 10.1. The van der Waals surface area contributed by atoms with Crippen molar-refractivity contribution in [2.45, 2.75) is 25.2 Å². The van der Waals surface area contributed by atoms with E-state index in [4.69, 9.17) is 10.7 Å². The van der Waals surface area contributed by atoms with Crippen LogP contribution in [0.4, 0.5) is 5.69 Å². The quantitative estimate of drug-likeness (QED) is 0.844. The molecule has 1 amide bonds. The zero-order chi connectivity index (χ0) is 15.6. The zero-order valence-electron chi connectivity index (χ0n) is 11.5. The minimum Gasteiger partial charge on any atom is -0.321 e. The van der Waals surface area contributed by atoms with E-state index in [9.17, 15) is 13.2 Å². The van der Waals surface area contributed by atoms with Crippen molar-refractivity contribution in [1.82, 2.24) is 10.2 Å². The molecule has 0 fully saturated rings. The fourth-order valence-electron chi connectivity index (χ4n) is 1.98. The molecule has 1 aromatic heterocycles. The van der Waals surface area contributed by atoms with Crippen LogP contribution in [0.25, 0.3) is 0 Å². The predicted molar refractivity (Wildman–Crippen MR) is 80.1 cm³/mol.